The lowest BCUT2D eigenvalue weighted by molar-refractivity contribution is 1.14. The predicted molar refractivity (Wildman–Crippen MR) is 79.7 cm³/mol. The van der Waals surface area contributed by atoms with Crippen molar-refractivity contribution in [2.45, 2.75) is 6.92 Å². The summed E-state index contributed by atoms with van der Waals surface area (Å²) < 4.78 is 0. The van der Waals surface area contributed by atoms with Crippen LogP contribution in [0.15, 0.2) is 42.5 Å². The lowest BCUT2D eigenvalue weighted by atomic mass is 10.0. The Morgan fingerprint density at radius 2 is 1.47 bits per heavy atom. The molecular formula is C15H10Cl2N2. The van der Waals surface area contributed by atoms with E-state index in [0.29, 0.717) is 21.7 Å². The zero-order valence-corrected chi connectivity index (χ0v) is 11.7. The lowest BCUT2D eigenvalue weighted by Gasteiger charge is -2.07. The maximum absolute atomic E-state index is 6.08. The van der Waals surface area contributed by atoms with E-state index in [0.717, 1.165) is 16.3 Å². The molecule has 0 saturated heterocycles. The monoisotopic (exact) mass is 288 g/mol. The molecule has 0 aliphatic carbocycles. The van der Waals surface area contributed by atoms with Crippen molar-refractivity contribution in [1.82, 2.24) is 9.97 Å². The number of aromatic nitrogens is 2. The highest BCUT2D eigenvalue weighted by molar-refractivity contribution is 6.34. The van der Waals surface area contributed by atoms with Crippen LogP contribution >= 0.6 is 23.2 Å². The molecule has 2 aromatic carbocycles. The van der Waals surface area contributed by atoms with E-state index < -0.39 is 0 Å². The number of rotatable bonds is 1. The van der Waals surface area contributed by atoms with Crippen LogP contribution < -0.4 is 0 Å². The highest BCUT2D eigenvalue weighted by atomic mass is 35.5. The maximum atomic E-state index is 6.08. The second-order valence-electron chi connectivity index (χ2n) is 4.28. The third kappa shape index (κ3) is 2.18. The molecule has 2 nitrogen and oxygen atoms in total. The number of nitrogens with zero attached hydrogens (tertiary/aromatic N) is 2. The topological polar surface area (TPSA) is 25.8 Å². The third-order valence-electron chi connectivity index (χ3n) is 3.06. The Morgan fingerprint density at radius 3 is 2.21 bits per heavy atom. The van der Waals surface area contributed by atoms with Gasteiger partial charge in [-0.05, 0) is 17.7 Å². The van der Waals surface area contributed by atoms with E-state index in [1.54, 1.807) is 6.92 Å². The van der Waals surface area contributed by atoms with Crippen LogP contribution in [0.5, 0.6) is 0 Å². The molecule has 0 spiro atoms. The van der Waals surface area contributed by atoms with Crippen molar-refractivity contribution in [3.05, 3.63) is 58.3 Å². The van der Waals surface area contributed by atoms with Gasteiger partial charge in [0.15, 0.2) is 5.82 Å². The van der Waals surface area contributed by atoms with Crippen molar-refractivity contribution in [3.63, 3.8) is 0 Å². The minimum absolute atomic E-state index is 0.392. The summed E-state index contributed by atoms with van der Waals surface area (Å²) in [5, 5.41) is 3.00. The quantitative estimate of drug-likeness (QED) is 0.595. The van der Waals surface area contributed by atoms with E-state index in [-0.39, 0.29) is 0 Å². The molecule has 4 heteroatoms. The zero-order chi connectivity index (χ0) is 13.4. The fraction of sp³-hybridized carbons (Fsp3) is 0.0667. The minimum Gasteiger partial charge on any atom is -0.216 e. The van der Waals surface area contributed by atoms with Gasteiger partial charge in [0.1, 0.15) is 10.3 Å². The number of halogens is 2. The van der Waals surface area contributed by atoms with Crippen molar-refractivity contribution in [1.29, 1.82) is 0 Å². The molecule has 0 amide bonds. The summed E-state index contributed by atoms with van der Waals surface area (Å²) >= 11 is 12.2. The normalized spacial score (nSPS) is 10.9. The maximum Gasteiger partial charge on any atom is 0.163 e. The second-order valence-corrected chi connectivity index (χ2v) is 5.00. The van der Waals surface area contributed by atoms with Crippen molar-refractivity contribution < 1.29 is 0 Å². The lowest BCUT2D eigenvalue weighted by Crippen LogP contribution is -1.94. The molecule has 0 fully saturated rings. The summed E-state index contributed by atoms with van der Waals surface area (Å²) in [7, 11) is 0. The van der Waals surface area contributed by atoms with Crippen LogP contribution in [0.2, 0.25) is 10.3 Å². The van der Waals surface area contributed by atoms with Gasteiger partial charge in [-0.2, -0.15) is 0 Å². The van der Waals surface area contributed by atoms with Gasteiger partial charge in [0.2, 0.25) is 0 Å². The van der Waals surface area contributed by atoms with Gasteiger partial charge < -0.3 is 0 Å². The number of benzene rings is 2. The Balaban J connectivity index is 2.31. The largest absolute Gasteiger partial charge is 0.216 e. The Labute approximate surface area is 121 Å². The van der Waals surface area contributed by atoms with Crippen molar-refractivity contribution in [2.75, 3.05) is 0 Å². The first-order chi connectivity index (χ1) is 9.16. The SMILES string of the molecule is Cc1c(Cl)nc(-c2cccc3ccccc23)nc1Cl. The molecule has 3 aromatic rings. The van der Waals surface area contributed by atoms with Crippen molar-refractivity contribution in [2.24, 2.45) is 0 Å². The van der Waals surface area contributed by atoms with Crippen LogP contribution in [-0.4, -0.2) is 9.97 Å². The molecule has 0 bridgehead atoms. The fourth-order valence-electron chi connectivity index (χ4n) is 2.00. The van der Waals surface area contributed by atoms with E-state index >= 15 is 0 Å². The van der Waals surface area contributed by atoms with Gasteiger partial charge in [0, 0.05) is 11.1 Å². The van der Waals surface area contributed by atoms with Crippen molar-refractivity contribution in [3.8, 4) is 11.4 Å². The summed E-state index contributed by atoms with van der Waals surface area (Å²) in [6.45, 7) is 1.80. The van der Waals surface area contributed by atoms with Gasteiger partial charge in [-0.3, -0.25) is 0 Å². The average molecular weight is 289 g/mol. The molecule has 0 saturated carbocycles. The summed E-state index contributed by atoms with van der Waals surface area (Å²) in [5.74, 6) is 0.553. The van der Waals surface area contributed by atoms with Crippen LogP contribution in [0.4, 0.5) is 0 Å². The summed E-state index contributed by atoms with van der Waals surface area (Å²) in [6.07, 6.45) is 0. The fourth-order valence-corrected chi connectivity index (χ4v) is 2.39. The van der Waals surface area contributed by atoms with Gasteiger partial charge in [0.25, 0.3) is 0 Å². The number of fused-ring (bicyclic) bond motifs is 1. The number of hydrogen-bond acceptors (Lipinski definition) is 2. The zero-order valence-electron chi connectivity index (χ0n) is 10.2. The summed E-state index contributed by atoms with van der Waals surface area (Å²) in [4.78, 5) is 8.65. The number of hydrogen-bond donors (Lipinski definition) is 0. The summed E-state index contributed by atoms with van der Waals surface area (Å²) in [6, 6.07) is 14.1. The third-order valence-corrected chi connectivity index (χ3v) is 3.79. The molecule has 3 rings (SSSR count). The molecule has 0 aliphatic heterocycles. The Bertz CT molecular complexity index is 741. The smallest absolute Gasteiger partial charge is 0.163 e. The minimum atomic E-state index is 0.392. The van der Waals surface area contributed by atoms with Gasteiger partial charge in [-0.15, -0.1) is 0 Å². The van der Waals surface area contributed by atoms with Crippen LogP contribution in [-0.2, 0) is 0 Å². The highest BCUT2D eigenvalue weighted by Crippen LogP contribution is 2.29. The molecular weight excluding hydrogens is 279 g/mol. The molecule has 94 valence electrons. The van der Waals surface area contributed by atoms with Crippen LogP contribution in [0.1, 0.15) is 5.56 Å². The molecule has 0 aliphatic rings. The molecule has 1 aromatic heterocycles. The first-order valence-electron chi connectivity index (χ1n) is 5.84. The molecule has 0 radical (unpaired) electrons. The van der Waals surface area contributed by atoms with Crippen LogP contribution in [0.25, 0.3) is 22.2 Å². The average Bonchev–Trinajstić information content (AvgIpc) is 2.43. The highest BCUT2D eigenvalue weighted by Gasteiger charge is 2.11. The molecule has 0 N–H and O–H groups in total. The van der Waals surface area contributed by atoms with E-state index in [2.05, 4.69) is 22.1 Å². The van der Waals surface area contributed by atoms with E-state index in [4.69, 9.17) is 23.2 Å². The van der Waals surface area contributed by atoms with Crippen molar-refractivity contribution >= 4 is 34.0 Å². The van der Waals surface area contributed by atoms with E-state index in [1.807, 2.05) is 30.3 Å². The molecule has 19 heavy (non-hydrogen) atoms. The van der Waals surface area contributed by atoms with Crippen LogP contribution in [0, 0.1) is 6.92 Å². The standard InChI is InChI=1S/C15H10Cl2N2/c1-9-13(16)18-15(19-14(9)17)12-8-4-6-10-5-2-3-7-11(10)12/h2-8H,1H3. The van der Waals surface area contributed by atoms with Crippen LogP contribution in [0.3, 0.4) is 0 Å². The Morgan fingerprint density at radius 1 is 0.842 bits per heavy atom. The van der Waals surface area contributed by atoms with Gasteiger partial charge in [0.05, 0.1) is 0 Å². The van der Waals surface area contributed by atoms with Gasteiger partial charge in [-0.1, -0.05) is 65.7 Å². The molecule has 0 atom stereocenters. The summed E-state index contributed by atoms with van der Waals surface area (Å²) in [5.41, 5.74) is 1.63. The van der Waals surface area contributed by atoms with E-state index in [1.165, 1.54) is 0 Å². The molecule has 1 heterocycles. The first-order valence-corrected chi connectivity index (χ1v) is 6.60. The Hall–Kier alpha value is -1.64. The molecule has 0 unspecified atom stereocenters. The predicted octanol–water partition coefficient (Wildman–Crippen LogP) is 4.91. The van der Waals surface area contributed by atoms with Gasteiger partial charge >= 0.3 is 0 Å². The van der Waals surface area contributed by atoms with E-state index in [9.17, 15) is 0 Å². The second kappa shape index (κ2) is 4.80. The first kappa shape index (κ1) is 12.4. The van der Waals surface area contributed by atoms with Gasteiger partial charge in [-0.25, -0.2) is 9.97 Å². The Kier molecular flexibility index (Phi) is 3.13.